The maximum atomic E-state index is 12.6. The van der Waals surface area contributed by atoms with E-state index in [1.165, 1.54) is 6.07 Å². The van der Waals surface area contributed by atoms with Crippen LogP contribution < -0.4 is 10.9 Å². The summed E-state index contributed by atoms with van der Waals surface area (Å²) in [6.45, 7) is 4.69. The SMILES string of the molecule is CC1(C)CC(=O)c2cc(C(=O)NC(C(=O)O)C3CCCOC3)c(=O)[nH]c2C1. The van der Waals surface area contributed by atoms with Gasteiger partial charge < -0.3 is 20.1 Å². The summed E-state index contributed by atoms with van der Waals surface area (Å²) in [6, 6.07) is 0.139. The van der Waals surface area contributed by atoms with Crippen molar-refractivity contribution < 1.29 is 24.2 Å². The third kappa shape index (κ3) is 4.10. The minimum absolute atomic E-state index is 0.137. The quantitative estimate of drug-likeness (QED) is 0.723. The van der Waals surface area contributed by atoms with Gasteiger partial charge >= 0.3 is 5.97 Å². The van der Waals surface area contributed by atoms with E-state index in [1.54, 1.807) is 0 Å². The Labute approximate surface area is 156 Å². The van der Waals surface area contributed by atoms with Gasteiger partial charge in [0.25, 0.3) is 11.5 Å². The number of carboxylic acids is 1. The highest BCUT2D eigenvalue weighted by molar-refractivity contribution is 6.02. The zero-order valence-electron chi connectivity index (χ0n) is 15.5. The van der Waals surface area contributed by atoms with Crippen molar-refractivity contribution in [3.63, 3.8) is 0 Å². The molecule has 146 valence electrons. The van der Waals surface area contributed by atoms with Crippen LogP contribution in [-0.2, 0) is 16.0 Å². The average molecular weight is 376 g/mol. The molecule has 0 saturated carbocycles. The predicted molar refractivity (Wildman–Crippen MR) is 95.9 cm³/mol. The van der Waals surface area contributed by atoms with Crippen LogP contribution in [0.3, 0.4) is 0 Å². The second kappa shape index (κ2) is 7.26. The monoisotopic (exact) mass is 376 g/mol. The van der Waals surface area contributed by atoms with E-state index >= 15 is 0 Å². The fourth-order valence-corrected chi connectivity index (χ4v) is 3.83. The highest BCUT2D eigenvalue weighted by Crippen LogP contribution is 2.33. The number of aromatic nitrogens is 1. The summed E-state index contributed by atoms with van der Waals surface area (Å²) in [5.41, 5.74) is -0.280. The Hall–Kier alpha value is -2.48. The lowest BCUT2D eigenvalue weighted by molar-refractivity contribution is -0.142. The van der Waals surface area contributed by atoms with E-state index in [1.807, 2.05) is 13.8 Å². The first kappa shape index (κ1) is 19.3. The summed E-state index contributed by atoms with van der Waals surface area (Å²) in [4.78, 5) is 51.6. The molecule has 2 atom stereocenters. The molecule has 0 radical (unpaired) electrons. The Morgan fingerprint density at radius 2 is 2.07 bits per heavy atom. The number of H-pyrrole nitrogens is 1. The van der Waals surface area contributed by atoms with Crippen LogP contribution in [0.1, 0.15) is 59.5 Å². The van der Waals surface area contributed by atoms with Crippen molar-refractivity contribution in [1.29, 1.82) is 0 Å². The summed E-state index contributed by atoms with van der Waals surface area (Å²) in [6.07, 6.45) is 2.19. The third-order valence-corrected chi connectivity index (χ3v) is 5.18. The molecule has 1 aliphatic carbocycles. The first-order valence-electron chi connectivity index (χ1n) is 9.09. The van der Waals surface area contributed by atoms with Gasteiger partial charge in [0.15, 0.2) is 5.78 Å². The highest BCUT2D eigenvalue weighted by atomic mass is 16.5. The molecule has 1 aromatic rings. The van der Waals surface area contributed by atoms with E-state index in [-0.39, 0.29) is 29.3 Å². The van der Waals surface area contributed by atoms with Crippen molar-refractivity contribution in [2.75, 3.05) is 13.2 Å². The molecular formula is C19H24N2O6. The molecule has 2 heterocycles. The Bertz CT molecular complexity index is 835. The van der Waals surface area contributed by atoms with Crippen LogP contribution in [0, 0.1) is 11.3 Å². The number of rotatable bonds is 4. The van der Waals surface area contributed by atoms with Crippen molar-refractivity contribution >= 4 is 17.7 Å². The predicted octanol–water partition coefficient (Wildman–Crippen LogP) is 1.14. The number of nitrogens with one attached hydrogen (secondary N) is 2. The molecule has 0 aromatic carbocycles. The summed E-state index contributed by atoms with van der Waals surface area (Å²) >= 11 is 0. The van der Waals surface area contributed by atoms with Crippen LogP contribution in [0.4, 0.5) is 0 Å². The van der Waals surface area contributed by atoms with E-state index in [2.05, 4.69) is 10.3 Å². The number of aliphatic carboxylic acids is 1. The van der Waals surface area contributed by atoms with E-state index < -0.39 is 23.5 Å². The van der Waals surface area contributed by atoms with Crippen LogP contribution in [0.5, 0.6) is 0 Å². The molecule has 0 spiro atoms. The molecule has 3 N–H and O–H groups in total. The van der Waals surface area contributed by atoms with Crippen LogP contribution in [0.25, 0.3) is 0 Å². The second-order valence-corrected chi connectivity index (χ2v) is 8.11. The number of ketones is 1. The molecule has 1 fully saturated rings. The van der Waals surface area contributed by atoms with E-state index in [4.69, 9.17) is 4.74 Å². The molecule has 27 heavy (non-hydrogen) atoms. The number of amides is 1. The molecule has 1 amide bonds. The van der Waals surface area contributed by atoms with Crippen molar-refractivity contribution in [1.82, 2.24) is 10.3 Å². The third-order valence-electron chi connectivity index (χ3n) is 5.18. The number of carbonyl (C=O) groups excluding carboxylic acids is 2. The number of carbonyl (C=O) groups is 3. The summed E-state index contributed by atoms with van der Waals surface area (Å²) in [5.74, 6) is -2.47. The van der Waals surface area contributed by atoms with Crippen LogP contribution in [0.15, 0.2) is 10.9 Å². The van der Waals surface area contributed by atoms with Gasteiger partial charge in [0.05, 0.1) is 6.61 Å². The van der Waals surface area contributed by atoms with Gasteiger partial charge in [0.1, 0.15) is 11.6 Å². The average Bonchev–Trinajstić information content (AvgIpc) is 2.58. The fraction of sp³-hybridized carbons (Fsp3) is 0.579. The first-order valence-corrected chi connectivity index (χ1v) is 9.09. The van der Waals surface area contributed by atoms with Gasteiger partial charge in [-0.3, -0.25) is 14.4 Å². The molecular weight excluding hydrogens is 352 g/mol. The Kier molecular flexibility index (Phi) is 5.19. The summed E-state index contributed by atoms with van der Waals surface area (Å²) < 4.78 is 5.30. The minimum atomic E-state index is -1.17. The number of ether oxygens (including phenoxy) is 1. The number of hydrogen-bond donors (Lipinski definition) is 3. The standard InChI is InChI=1S/C19H24N2O6/c1-19(2)7-13-11(14(22)8-19)6-12(16(23)20-13)17(24)21-15(18(25)26)10-4-3-5-27-9-10/h6,10,15H,3-5,7-9H2,1-2H3,(H,20,23)(H,21,24)(H,25,26). The van der Waals surface area contributed by atoms with Gasteiger partial charge in [-0.15, -0.1) is 0 Å². The van der Waals surface area contributed by atoms with Crippen LogP contribution in [-0.4, -0.2) is 47.0 Å². The molecule has 2 aliphatic rings. The fourth-order valence-electron chi connectivity index (χ4n) is 3.83. The number of carboxylic acid groups (broad SMARTS) is 1. The lowest BCUT2D eigenvalue weighted by Gasteiger charge is -2.30. The molecule has 1 aliphatic heterocycles. The van der Waals surface area contributed by atoms with E-state index in [0.29, 0.717) is 43.5 Å². The summed E-state index contributed by atoms with van der Waals surface area (Å²) in [5, 5.41) is 11.9. The van der Waals surface area contributed by atoms with Gasteiger partial charge in [0, 0.05) is 30.2 Å². The molecule has 1 saturated heterocycles. The van der Waals surface area contributed by atoms with E-state index in [0.717, 1.165) is 0 Å². The second-order valence-electron chi connectivity index (χ2n) is 8.11. The molecule has 2 unspecified atom stereocenters. The number of Topliss-reactive ketones (excluding diaryl/α,β-unsaturated/α-hetero) is 1. The number of fused-ring (bicyclic) bond motifs is 1. The van der Waals surface area contributed by atoms with Gasteiger partial charge in [-0.1, -0.05) is 13.8 Å². The Balaban J connectivity index is 1.86. The Morgan fingerprint density at radius 3 is 2.70 bits per heavy atom. The number of pyridine rings is 1. The molecule has 1 aromatic heterocycles. The van der Waals surface area contributed by atoms with Crippen molar-refractivity contribution in [3.8, 4) is 0 Å². The normalized spacial score (nSPS) is 22.6. The maximum Gasteiger partial charge on any atom is 0.326 e. The molecule has 3 rings (SSSR count). The maximum absolute atomic E-state index is 12.6. The highest BCUT2D eigenvalue weighted by Gasteiger charge is 2.35. The largest absolute Gasteiger partial charge is 0.480 e. The first-order chi connectivity index (χ1) is 12.7. The lowest BCUT2D eigenvalue weighted by atomic mass is 9.75. The van der Waals surface area contributed by atoms with Crippen LogP contribution in [0.2, 0.25) is 0 Å². The number of aromatic amines is 1. The smallest absolute Gasteiger partial charge is 0.326 e. The molecule has 0 bridgehead atoms. The van der Waals surface area contributed by atoms with Gasteiger partial charge in [-0.25, -0.2) is 4.79 Å². The topological polar surface area (TPSA) is 126 Å². The Morgan fingerprint density at radius 1 is 1.33 bits per heavy atom. The van der Waals surface area contributed by atoms with Gasteiger partial charge in [-0.2, -0.15) is 0 Å². The zero-order valence-corrected chi connectivity index (χ0v) is 15.5. The van der Waals surface area contributed by atoms with Crippen molar-refractivity contribution in [2.45, 2.75) is 45.6 Å². The van der Waals surface area contributed by atoms with Gasteiger partial charge in [0.2, 0.25) is 0 Å². The zero-order chi connectivity index (χ0) is 19.8. The molecule has 8 heteroatoms. The minimum Gasteiger partial charge on any atom is -0.480 e. The lowest BCUT2D eigenvalue weighted by Crippen LogP contribution is -2.49. The van der Waals surface area contributed by atoms with Gasteiger partial charge in [-0.05, 0) is 30.7 Å². The van der Waals surface area contributed by atoms with Crippen molar-refractivity contribution in [2.24, 2.45) is 11.3 Å². The van der Waals surface area contributed by atoms with E-state index in [9.17, 15) is 24.3 Å². The molecule has 8 nitrogen and oxygen atoms in total. The van der Waals surface area contributed by atoms with Crippen molar-refractivity contribution in [3.05, 3.63) is 33.2 Å². The summed E-state index contributed by atoms with van der Waals surface area (Å²) in [7, 11) is 0. The van der Waals surface area contributed by atoms with Crippen LogP contribution >= 0.6 is 0 Å². The number of hydrogen-bond acceptors (Lipinski definition) is 5.